The predicted molar refractivity (Wildman–Crippen MR) is 111 cm³/mol. The Morgan fingerprint density at radius 1 is 1.20 bits per heavy atom. The number of aryl methyl sites for hydroxylation is 1. The Morgan fingerprint density at radius 3 is 2.53 bits per heavy atom. The van der Waals surface area contributed by atoms with E-state index in [0.29, 0.717) is 23.7 Å². The Balaban J connectivity index is 1.48. The highest BCUT2D eigenvalue weighted by Gasteiger charge is 2.33. The lowest BCUT2D eigenvalue weighted by atomic mass is 10.1. The van der Waals surface area contributed by atoms with Gasteiger partial charge in [-0.05, 0) is 69.9 Å². The Morgan fingerprint density at radius 2 is 1.90 bits per heavy atom. The maximum atomic E-state index is 12.8. The summed E-state index contributed by atoms with van der Waals surface area (Å²) in [6, 6.07) is 6.53. The third-order valence-electron chi connectivity index (χ3n) is 5.81. The van der Waals surface area contributed by atoms with Gasteiger partial charge in [-0.3, -0.25) is 4.79 Å². The quantitative estimate of drug-likeness (QED) is 0.730. The number of benzene rings is 1. The van der Waals surface area contributed by atoms with E-state index in [-0.39, 0.29) is 23.5 Å². The number of primary sulfonamides is 1. The fourth-order valence-corrected chi connectivity index (χ4v) is 4.88. The highest BCUT2D eigenvalue weighted by molar-refractivity contribution is 7.89. The van der Waals surface area contributed by atoms with Crippen molar-refractivity contribution in [1.82, 2.24) is 4.57 Å². The number of hydrogen-bond acceptors (Lipinski definition) is 5. The van der Waals surface area contributed by atoms with Crippen LogP contribution in [0.2, 0.25) is 0 Å². The van der Waals surface area contributed by atoms with E-state index >= 15 is 0 Å². The van der Waals surface area contributed by atoms with E-state index in [1.807, 2.05) is 26.8 Å². The number of hydrogen-bond donors (Lipinski definition) is 1. The molecule has 9 heteroatoms. The third kappa shape index (κ3) is 3.63. The minimum Gasteiger partial charge on any atom is -0.452 e. The fourth-order valence-electron chi connectivity index (χ4n) is 4.32. The van der Waals surface area contributed by atoms with Crippen LogP contribution in [-0.4, -0.2) is 37.5 Å². The molecule has 0 saturated heterocycles. The number of esters is 1. The zero-order valence-corrected chi connectivity index (χ0v) is 18.0. The van der Waals surface area contributed by atoms with E-state index in [4.69, 9.17) is 9.88 Å². The van der Waals surface area contributed by atoms with Crippen LogP contribution in [0.25, 0.3) is 0 Å². The van der Waals surface area contributed by atoms with Gasteiger partial charge in [0, 0.05) is 29.2 Å². The number of fused-ring (bicyclic) bond motifs is 1. The molecule has 0 bridgehead atoms. The molecule has 1 fully saturated rings. The summed E-state index contributed by atoms with van der Waals surface area (Å²) in [6.07, 6.45) is 2.73. The predicted octanol–water partition coefficient (Wildman–Crippen LogP) is 2.22. The van der Waals surface area contributed by atoms with Gasteiger partial charge in [-0.15, -0.1) is 0 Å². The number of amides is 1. The van der Waals surface area contributed by atoms with Crippen molar-refractivity contribution in [3.63, 3.8) is 0 Å². The number of carbonyl (C=O) groups excluding carboxylic acids is 2. The summed E-state index contributed by atoms with van der Waals surface area (Å²) in [4.78, 5) is 27.0. The van der Waals surface area contributed by atoms with Gasteiger partial charge in [0.1, 0.15) is 0 Å². The topological polar surface area (TPSA) is 112 Å². The number of nitrogens with two attached hydrogens (primary N) is 1. The average molecular weight is 432 g/mol. The van der Waals surface area contributed by atoms with Crippen LogP contribution in [0.3, 0.4) is 0 Å². The molecule has 0 radical (unpaired) electrons. The summed E-state index contributed by atoms with van der Waals surface area (Å²) in [6.45, 7) is 5.34. The van der Waals surface area contributed by atoms with Gasteiger partial charge in [-0.25, -0.2) is 18.4 Å². The maximum Gasteiger partial charge on any atom is 0.340 e. The largest absolute Gasteiger partial charge is 0.452 e. The van der Waals surface area contributed by atoms with Crippen LogP contribution in [0.4, 0.5) is 5.69 Å². The molecule has 1 unspecified atom stereocenters. The van der Waals surface area contributed by atoms with E-state index in [0.717, 1.165) is 29.8 Å². The number of aromatic nitrogens is 1. The van der Waals surface area contributed by atoms with Crippen molar-refractivity contribution in [3.05, 3.63) is 46.8 Å². The van der Waals surface area contributed by atoms with Crippen molar-refractivity contribution in [2.45, 2.75) is 57.0 Å². The zero-order chi connectivity index (χ0) is 21.8. The summed E-state index contributed by atoms with van der Waals surface area (Å²) < 4.78 is 30.6. The lowest BCUT2D eigenvalue weighted by Crippen LogP contribution is -2.38. The smallest absolute Gasteiger partial charge is 0.340 e. The van der Waals surface area contributed by atoms with Crippen molar-refractivity contribution in [3.8, 4) is 0 Å². The van der Waals surface area contributed by atoms with Gasteiger partial charge in [0.2, 0.25) is 10.0 Å². The van der Waals surface area contributed by atoms with Crippen molar-refractivity contribution < 1.29 is 22.7 Å². The molecule has 1 atom stereocenters. The number of anilines is 1. The minimum absolute atomic E-state index is 0.0141. The first kappa shape index (κ1) is 20.6. The number of carbonyl (C=O) groups is 2. The summed E-state index contributed by atoms with van der Waals surface area (Å²) >= 11 is 0. The zero-order valence-electron chi connectivity index (χ0n) is 17.2. The molecule has 4 rings (SSSR count). The third-order valence-corrected chi connectivity index (χ3v) is 6.72. The first-order chi connectivity index (χ1) is 14.1. The van der Waals surface area contributed by atoms with Gasteiger partial charge in [0.05, 0.1) is 10.5 Å². The first-order valence-corrected chi connectivity index (χ1v) is 11.5. The molecule has 8 nitrogen and oxygen atoms in total. The molecule has 1 aliphatic heterocycles. The molecule has 2 heterocycles. The summed E-state index contributed by atoms with van der Waals surface area (Å²) in [7, 11) is -3.81. The summed E-state index contributed by atoms with van der Waals surface area (Å²) in [5, 5.41) is 5.20. The van der Waals surface area contributed by atoms with E-state index in [9.17, 15) is 18.0 Å². The molecule has 2 aliphatic rings. The molecular formula is C21H25N3O5S. The Kier molecular flexibility index (Phi) is 4.98. The Bertz CT molecular complexity index is 1150. The van der Waals surface area contributed by atoms with E-state index in [1.54, 1.807) is 11.0 Å². The lowest BCUT2D eigenvalue weighted by Gasteiger charge is -2.22. The van der Waals surface area contributed by atoms with Gasteiger partial charge in [0.25, 0.3) is 5.91 Å². The monoisotopic (exact) mass is 431 g/mol. The molecule has 1 amide bonds. The van der Waals surface area contributed by atoms with E-state index < -0.39 is 16.0 Å². The molecule has 1 aliphatic carbocycles. The van der Waals surface area contributed by atoms with Gasteiger partial charge in [-0.1, -0.05) is 0 Å². The number of rotatable bonds is 5. The minimum atomic E-state index is -3.81. The average Bonchev–Trinajstić information content (AvgIpc) is 3.37. The van der Waals surface area contributed by atoms with Crippen LogP contribution < -0.4 is 10.0 Å². The normalized spacial score (nSPS) is 18.4. The number of sulfonamides is 1. The van der Waals surface area contributed by atoms with Crippen LogP contribution >= 0.6 is 0 Å². The molecule has 160 valence electrons. The maximum absolute atomic E-state index is 12.8. The van der Waals surface area contributed by atoms with Crippen LogP contribution in [-0.2, 0) is 26.0 Å². The molecular weight excluding hydrogens is 406 g/mol. The molecule has 1 aromatic heterocycles. The van der Waals surface area contributed by atoms with Crippen molar-refractivity contribution in [2.24, 2.45) is 5.14 Å². The Hall–Kier alpha value is -2.65. The molecule has 2 N–H and O–H groups in total. The molecule has 2 aromatic rings. The van der Waals surface area contributed by atoms with Crippen LogP contribution in [0.5, 0.6) is 0 Å². The number of ether oxygens (including phenoxy) is 1. The van der Waals surface area contributed by atoms with Gasteiger partial charge < -0.3 is 14.2 Å². The van der Waals surface area contributed by atoms with E-state index in [1.165, 1.54) is 12.1 Å². The first-order valence-electron chi connectivity index (χ1n) is 9.91. The molecule has 1 saturated carbocycles. The SMILES string of the molecule is Cc1cc(C(=O)OCC(=O)N2c3ccc(S(N)(=O)=O)cc3CC2C)c(C)n1C1CC1. The van der Waals surface area contributed by atoms with E-state index in [2.05, 4.69) is 4.57 Å². The van der Waals surface area contributed by atoms with Gasteiger partial charge in [-0.2, -0.15) is 0 Å². The number of nitrogens with zero attached hydrogens (tertiary/aromatic N) is 2. The van der Waals surface area contributed by atoms with Crippen molar-refractivity contribution >= 4 is 27.6 Å². The van der Waals surface area contributed by atoms with Crippen molar-refractivity contribution in [2.75, 3.05) is 11.5 Å². The van der Waals surface area contributed by atoms with Gasteiger partial charge in [0.15, 0.2) is 6.61 Å². The van der Waals surface area contributed by atoms with Crippen LogP contribution in [0.1, 0.15) is 53.1 Å². The second-order valence-corrected chi connectivity index (χ2v) is 9.68. The molecule has 30 heavy (non-hydrogen) atoms. The summed E-state index contributed by atoms with van der Waals surface area (Å²) in [5.41, 5.74) is 3.70. The molecule has 1 aromatic carbocycles. The van der Waals surface area contributed by atoms with Crippen molar-refractivity contribution in [1.29, 1.82) is 0 Å². The second kappa shape index (κ2) is 7.24. The second-order valence-electron chi connectivity index (χ2n) is 8.11. The van der Waals surface area contributed by atoms with Crippen LogP contribution in [0, 0.1) is 13.8 Å². The van der Waals surface area contributed by atoms with Gasteiger partial charge >= 0.3 is 5.97 Å². The highest BCUT2D eigenvalue weighted by Crippen LogP contribution is 2.38. The lowest BCUT2D eigenvalue weighted by molar-refractivity contribution is -0.122. The highest BCUT2D eigenvalue weighted by atomic mass is 32.2. The van der Waals surface area contributed by atoms with Crippen LogP contribution in [0.15, 0.2) is 29.2 Å². The fraction of sp³-hybridized carbons (Fsp3) is 0.429. The Labute approximate surface area is 175 Å². The standard InChI is InChI=1S/C21H25N3O5S/c1-12-8-15-10-17(30(22,27)28)6-7-19(15)24(12)20(25)11-29-21(26)18-9-13(2)23(14(18)3)16-4-5-16/h6-7,9-10,12,16H,4-5,8,11H2,1-3H3,(H2,22,27,28). The summed E-state index contributed by atoms with van der Waals surface area (Å²) in [5.74, 6) is -0.867. The molecule has 0 spiro atoms.